The Kier molecular flexibility index (Phi) is 4.13. The maximum Gasteiger partial charge on any atom is 0.339 e. The van der Waals surface area contributed by atoms with Crippen LogP contribution in [0.1, 0.15) is 30.1 Å². The molecule has 3 N–H and O–H groups in total. The molecule has 0 radical (unpaired) electrons. The number of carboxylic acids is 1. The van der Waals surface area contributed by atoms with Crippen LogP contribution in [0, 0.1) is 5.92 Å². The Labute approximate surface area is 121 Å². The van der Waals surface area contributed by atoms with Crippen LogP contribution in [0.15, 0.2) is 12.1 Å². The van der Waals surface area contributed by atoms with Crippen molar-refractivity contribution in [3.05, 3.63) is 22.8 Å². The first kappa shape index (κ1) is 14.6. The molecule has 1 fully saturated rings. The zero-order valence-electron chi connectivity index (χ0n) is 11.0. The minimum atomic E-state index is -1.07. The lowest BCUT2D eigenvalue weighted by Crippen LogP contribution is -2.46. The number of hydrogen-bond acceptors (Lipinski definition) is 4. The number of hydrogen-bond donors (Lipinski definition) is 2. The summed E-state index contributed by atoms with van der Waals surface area (Å²) in [6, 6.07) is 2.94. The number of aromatic nitrogens is 1. The molecule has 6 nitrogen and oxygen atoms in total. The molecule has 20 heavy (non-hydrogen) atoms. The molecule has 1 amide bonds. The summed E-state index contributed by atoms with van der Waals surface area (Å²) in [6.07, 6.45) is 1.46. The summed E-state index contributed by atoms with van der Waals surface area (Å²) in [7, 11) is 0. The van der Waals surface area contributed by atoms with E-state index < -0.39 is 5.97 Å². The van der Waals surface area contributed by atoms with Crippen molar-refractivity contribution in [2.45, 2.75) is 25.8 Å². The first-order valence-corrected chi connectivity index (χ1v) is 6.73. The molecule has 2 rings (SSSR count). The highest BCUT2D eigenvalue weighted by Crippen LogP contribution is 2.29. The van der Waals surface area contributed by atoms with Crippen LogP contribution >= 0.6 is 11.6 Å². The first-order chi connectivity index (χ1) is 9.40. The Balaban J connectivity index is 2.40. The van der Waals surface area contributed by atoms with Crippen LogP contribution in [0.25, 0.3) is 0 Å². The van der Waals surface area contributed by atoms with Gasteiger partial charge in [-0.05, 0) is 31.9 Å². The highest BCUT2D eigenvalue weighted by molar-refractivity contribution is 6.29. The Morgan fingerprint density at radius 1 is 1.45 bits per heavy atom. The van der Waals surface area contributed by atoms with Gasteiger partial charge in [0.05, 0.1) is 5.92 Å². The van der Waals surface area contributed by atoms with Crippen LogP contribution in [0.4, 0.5) is 5.82 Å². The number of anilines is 1. The van der Waals surface area contributed by atoms with Crippen LogP contribution in [0.5, 0.6) is 0 Å². The summed E-state index contributed by atoms with van der Waals surface area (Å²) >= 11 is 5.87. The van der Waals surface area contributed by atoms with Gasteiger partial charge in [0.25, 0.3) is 0 Å². The molecule has 108 valence electrons. The molecule has 2 unspecified atom stereocenters. The average molecular weight is 298 g/mol. The second-order valence-electron chi connectivity index (χ2n) is 4.99. The number of primary amides is 1. The number of carbonyl (C=O) groups excluding carboxylic acids is 1. The lowest BCUT2D eigenvalue weighted by Gasteiger charge is -2.38. The van der Waals surface area contributed by atoms with E-state index in [0.29, 0.717) is 18.8 Å². The molecule has 0 saturated carbocycles. The molecule has 0 spiro atoms. The number of nitrogens with two attached hydrogens (primary N) is 1. The van der Waals surface area contributed by atoms with E-state index in [-0.39, 0.29) is 28.6 Å². The number of carboxylic acid groups (broad SMARTS) is 1. The zero-order chi connectivity index (χ0) is 14.9. The Morgan fingerprint density at radius 3 is 2.75 bits per heavy atom. The number of nitrogens with zero attached hydrogens (tertiary/aromatic N) is 2. The van der Waals surface area contributed by atoms with Crippen molar-refractivity contribution in [3.63, 3.8) is 0 Å². The van der Waals surface area contributed by atoms with Gasteiger partial charge in [-0.2, -0.15) is 0 Å². The Bertz CT molecular complexity index is 550. The third-order valence-corrected chi connectivity index (χ3v) is 3.84. The summed E-state index contributed by atoms with van der Waals surface area (Å²) in [5.74, 6) is -1.45. The number of rotatable bonds is 3. The van der Waals surface area contributed by atoms with Gasteiger partial charge in [-0.3, -0.25) is 4.79 Å². The fraction of sp³-hybridized carbons (Fsp3) is 0.462. The van der Waals surface area contributed by atoms with Crippen molar-refractivity contribution < 1.29 is 14.7 Å². The third-order valence-electron chi connectivity index (χ3n) is 3.63. The van der Waals surface area contributed by atoms with Gasteiger partial charge in [-0.15, -0.1) is 0 Å². The molecule has 1 aromatic rings. The lowest BCUT2D eigenvalue weighted by atomic mass is 9.92. The quantitative estimate of drug-likeness (QED) is 0.825. The van der Waals surface area contributed by atoms with Crippen molar-refractivity contribution in [1.82, 2.24) is 4.98 Å². The fourth-order valence-corrected chi connectivity index (χ4v) is 2.59. The normalized spacial score (nSPS) is 22.6. The molecule has 2 atom stereocenters. The molecular formula is C13H16ClN3O3. The van der Waals surface area contributed by atoms with E-state index in [9.17, 15) is 14.7 Å². The van der Waals surface area contributed by atoms with Gasteiger partial charge >= 0.3 is 5.97 Å². The molecule has 7 heteroatoms. The third kappa shape index (κ3) is 2.85. The second-order valence-corrected chi connectivity index (χ2v) is 5.38. The number of piperidine rings is 1. The molecule has 1 saturated heterocycles. The molecule has 0 aliphatic carbocycles. The van der Waals surface area contributed by atoms with E-state index in [0.717, 1.165) is 6.42 Å². The standard InChI is InChI=1S/C13H16ClN3O3/c1-7-2-3-8(11(15)18)6-17(7)12-9(13(19)20)4-5-10(14)16-12/h4-5,7-8H,2-3,6H2,1H3,(H2,15,18)(H,19,20). The monoisotopic (exact) mass is 297 g/mol. The number of carbonyl (C=O) groups is 2. The van der Waals surface area contributed by atoms with Gasteiger partial charge in [0.2, 0.25) is 5.91 Å². The van der Waals surface area contributed by atoms with Gasteiger partial charge in [-0.1, -0.05) is 11.6 Å². The molecule has 1 aromatic heterocycles. The van der Waals surface area contributed by atoms with Crippen molar-refractivity contribution in [2.24, 2.45) is 11.7 Å². The van der Waals surface area contributed by atoms with E-state index >= 15 is 0 Å². The highest BCUT2D eigenvalue weighted by Gasteiger charge is 2.31. The van der Waals surface area contributed by atoms with Crippen molar-refractivity contribution in [2.75, 3.05) is 11.4 Å². The highest BCUT2D eigenvalue weighted by atomic mass is 35.5. The maximum atomic E-state index is 11.4. The van der Waals surface area contributed by atoms with E-state index in [4.69, 9.17) is 17.3 Å². The number of pyridine rings is 1. The van der Waals surface area contributed by atoms with Crippen LogP contribution in [-0.2, 0) is 4.79 Å². The number of halogens is 1. The van der Waals surface area contributed by atoms with Crippen LogP contribution in [-0.4, -0.2) is 34.6 Å². The van der Waals surface area contributed by atoms with E-state index in [1.807, 2.05) is 6.92 Å². The predicted molar refractivity (Wildman–Crippen MR) is 74.9 cm³/mol. The van der Waals surface area contributed by atoms with Gasteiger partial charge in [0.1, 0.15) is 16.5 Å². The molecular weight excluding hydrogens is 282 g/mol. The van der Waals surface area contributed by atoms with Gasteiger partial charge < -0.3 is 15.7 Å². The largest absolute Gasteiger partial charge is 0.478 e. The predicted octanol–water partition coefficient (Wildman–Crippen LogP) is 1.52. The number of amides is 1. The molecule has 0 bridgehead atoms. The van der Waals surface area contributed by atoms with E-state index in [2.05, 4.69) is 4.98 Å². The van der Waals surface area contributed by atoms with E-state index in [1.165, 1.54) is 12.1 Å². The van der Waals surface area contributed by atoms with Crippen molar-refractivity contribution in [3.8, 4) is 0 Å². The summed E-state index contributed by atoms with van der Waals surface area (Å²) in [5, 5.41) is 9.47. The number of aromatic carboxylic acids is 1. The van der Waals surface area contributed by atoms with Crippen molar-refractivity contribution >= 4 is 29.3 Å². The van der Waals surface area contributed by atoms with Crippen molar-refractivity contribution in [1.29, 1.82) is 0 Å². The summed E-state index contributed by atoms with van der Waals surface area (Å²) < 4.78 is 0. The lowest BCUT2D eigenvalue weighted by molar-refractivity contribution is -0.122. The summed E-state index contributed by atoms with van der Waals surface area (Å²) in [6.45, 7) is 2.33. The topological polar surface area (TPSA) is 96.5 Å². The van der Waals surface area contributed by atoms with Crippen LogP contribution < -0.4 is 10.6 Å². The SMILES string of the molecule is CC1CCC(C(N)=O)CN1c1nc(Cl)ccc1C(=O)O. The maximum absolute atomic E-state index is 11.4. The first-order valence-electron chi connectivity index (χ1n) is 6.36. The molecule has 0 aromatic carbocycles. The smallest absolute Gasteiger partial charge is 0.339 e. The van der Waals surface area contributed by atoms with Gasteiger partial charge in [-0.25, -0.2) is 9.78 Å². The van der Waals surface area contributed by atoms with E-state index in [1.54, 1.807) is 4.90 Å². The second kappa shape index (κ2) is 5.66. The van der Waals surface area contributed by atoms with Crippen LogP contribution in [0.3, 0.4) is 0 Å². The molecule has 1 aliphatic rings. The molecule has 1 aliphatic heterocycles. The Hall–Kier alpha value is -1.82. The van der Waals surface area contributed by atoms with Gasteiger partial charge in [0.15, 0.2) is 0 Å². The molecule has 2 heterocycles. The average Bonchev–Trinajstić information content (AvgIpc) is 2.38. The summed E-state index contributed by atoms with van der Waals surface area (Å²) in [4.78, 5) is 28.6. The minimum absolute atomic E-state index is 0.0753. The fourth-order valence-electron chi connectivity index (χ4n) is 2.45. The van der Waals surface area contributed by atoms with Gasteiger partial charge in [0, 0.05) is 12.6 Å². The minimum Gasteiger partial charge on any atom is -0.478 e. The zero-order valence-corrected chi connectivity index (χ0v) is 11.8. The Morgan fingerprint density at radius 2 is 2.15 bits per heavy atom. The van der Waals surface area contributed by atoms with Crippen LogP contribution in [0.2, 0.25) is 5.15 Å². The summed E-state index contributed by atoms with van der Waals surface area (Å²) in [5.41, 5.74) is 5.43.